The molecule has 0 aromatic rings. The molecule has 0 radical (unpaired) electrons. The molecule has 0 saturated carbocycles. The summed E-state index contributed by atoms with van der Waals surface area (Å²) in [5, 5.41) is 0. The van der Waals surface area contributed by atoms with Crippen molar-refractivity contribution in [3.63, 3.8) is 0 Å². The Morgan fingerprint density at radius 1 is 1.27 bits per heavy atom. The topological polar surface area (TPSA) is 26.0 Å². The minimum atomic E-state index is 0.494. The van der Waals surface area contributed by atoms with Gasteiger partial charge in [0.2, 0.25) is 0 Å². The van der Waals surface area contributed by atoms with E-state index in [1.54, 1.807) is 0 Å². The average Bonchev–Trinajstić information content (AvgIpc) is 1.85. The molecule has 0 amide bonds. The molecule has 1 atom stereocenters. The molecule has 0 aliphatic carbocycles. The maximum atomic E-state index is 5.52. The molecule has 0 aromatic heterocycles. The molecule has 11 heavy (non-hydrogen) atoms. The van der Waals surface area contributed by atoms with E-state index in [4.69, 9.17) is 5.73 Å². The van der Waals surface area contributed by atoms with Crippen LogP contribution in [0.1, 0.15) is 47.0 Å². The smallest absolute Gasteiger partial charge is 0.00515 e. The molecule has 1 nitrogen and oxygen atoms in total. The Hall–Kier alpha value is -0.0400. The molecule has 0 rings (SSSR count). The van der Waals surface area contributed by atoms with Crippen LogP contribution < -0.4 is 5.73 Å². The fourth-order valence-electron chi connectivity index (χ4n) is 1.10. The average molecular weight is 157 g/mol. The Kier molecular flexibility index (Phi) is 4.74. The van der Waals surface area contributed by atoms with Crippen molar-refractivity contribution in [1.29, 1.82) is 0 Å². The standard InChI is InChI=1S/C10H23N/c1-9(8-11)6-5-7-10(2,3)4/h9H,5-8,11H2,1-4H3/t9-/m0/s1. The number of rotatable bonds is 4. The zero-order chi connectivity index (χ0) is 8.91. The molecule has 0 saturated heterocycles. The summed E-state index contributed by atoms with van der Waals surface area (Å²) >= 11 is 0. The van der Waals surface area contributed by atoms with E-state index in [9.17, 15) is 0 Å². The normalized spacial score (nSPS) is 15.0. The van der Waals surface area contributed by atoms with Crippen LogP contribution in [0.2, 0.25) is 0 Å². The Bertz CT molecular complexity index is 91.5. The van der Waals surface area contributed by atoms with Gasteiger partial charge in [-0.25, -0.2) is 0 Å². The first kappa shape index (κ1) is 11.0. The van der Waals surface area contributed by atoms with Gasteiger partial charge < -0.3 is 5.73 Å². The molecule has 0 fully saturated rings. The van der Waals surface area contributed by atoms with Gasteiger partial charge in [-0.1, -0.05) is 34.1 Å². The molecule has 0 aromatic carbocycles. The van der Waals surface area contributed by atoms with Gasteiger partial charge in [0.1, 0.15) is 0 Å². The molecule has 0 heterocycles. The molecule has 0 aliphatic heterocycles. The first-order valence-electron chi connectivity index (χ1n) is 4.66. The quantitative estimate of drug-likeness (QED) is 0.667. The summed E-state index contributed by atoms with van der Waals surface area (Å²) in [6.07, 6.45) is 3.92. The van der Waals surface area contributed by atoms with Crippen molar-refractivity contribution in [1.82, 2.24) is 0 Å². The summed E-state index contributed by atoms with van der Waals surface area (Å²) in [6, 6.07) is 0. The van der Waals surface area contributed by atoms with Crippen LogP contribution in [-0.4, -0.2) is 6.54 Å². The first-order chi connectivity index (χ1) is 4.95. The van der Waals surface area contributed by atoms with E-state index in [0.717, 1.165) is 6.54 Å². The van der Waals surface area contributed by atoms with E-state index in [-0.39, 0.29) is 0 Å². The molecule has 0 unspecified atom stereocenters. The van der Waals surface area contributed by atoms with Crippen LogP contribution in [-0.2, 0) is 0 Å². The SMILES string of the molecule is C[C@H](CN)CCCC(C)(C)C. The molecule has 1 heteroatoms. The van der Waals surface area contributed by atoms with Gasteiger partial charge in [-0.3, -0.25) is 0 Å². The lowest BCUT2D eigenvalue weighted by Crippen LogP contribution is -2.12. The van der Waals surface area contributed by atoms with E-state index in [1.165, 1.54) is 19.3 Å². The summed E-state index contributed by atoms with van der Waals surface area (Å²) in [4.78, 5) is 0. The van der Waals surface area contributed by atoms with Gasteiger partial charge in [0.15, 0.2) is 0 Å². The maximum absolute atomic E-state index is 5.52. The third kappa shape index (κ3) is 7.86. The predicted molar refractivity (Wildman–Crippen MR) is 51.5 cm³/mol. The Morgan fingerprint density at radius 2 is 1.82 bits per heavy atom. The highest BCUT2D eigenvalue weighted by molar-refractivity contribution is 4.62. The predicted octanol–water partition coefficient (Wildman–Crippen LogP) is 2.80. The van der Waals surface area contributed by atoms with Crippen LogP contribution in [0.15, 0.2) is 0 Å². The van der Waals surface area contributed by atoms with E-state index in [2.05, 4.69) is 27.7 Å². The van der Waals surface area contributed by atoms with E-state index in [0.29, 0.717) is 11.3 Å². The number of hydrogen-bond donors (Lipinski definition) is 1. The molecule has 2 N–H and O–H groups in total. The minimum absolute atomic E-state index is 0.494. The second-order valence-electron chi connectivity index (χ2n) is 4.79. The summed E-state index contributed by atoms with van der Waals surface area (Å²) in [7, 11) is 0. The van der Waals surface area contributed by atoms with E-state index in [1.807, 2.05) is 0 Å². The zero-order valence-corrected chi connectivity index (χ0v) is 8.48. The van der Waals surface area contributed by atoms with Crippen molar-refractivity contribution in [3.8, 4) is 0 Å². The highest BCUT2D eigenvalue weighted by atomic mass is 14.5. The van der Waals surface area contributed by atoms with Gasteiger partial charge in [-0.15, -0.1) is 0 Å². The monoisotopic (exact) mass is 157 g/mol. The van der Waals surface area contributed by atoms with Crippen LogP contribution >= 0.6 is 0 Å². The number of nitrogens with two attached hydrogens (primary N) is 1. The van der Waals surface area contributed by atoms with Crippen LogP contribution in [0.5, 0.6) is 0 Å². The van der Waals surface area contributed by atoms with Gasteiger partial charge in [0, 0.05) is 0 Å². The Labute approximate surface area is 71.4 Å². The van der Waals surface area contributed by atoms with Crippen LogP contribution in [0, 0.1) is 11.3 Å². The van der Waals surface area contributed by atoms with Crippen molar-refractivity contribution in [3.05, 3.63) is 0 Å². The highest BCUT2D eigenvalue weighted by Gasteiger charge is 2.09. The molecule has 0 bridgehead atoms. The van der Waals surface area contributed by atoms with E-state index >= 15 is 0 Å². The Morgan fingerprint density at radius 3 is 2.18 bits per heavy atom. The van der Waals surface area contributed by atoms with Crippen molar-refractivity contribution in [2.75, 3.05) is 6.54 Å². The summed E-state index contributed by atoms with van der Waals surface area (Å²) in [6.45, 7) is 9.94. The maximum Gasteiger partial charge on any atom is -0.00515 e. The first-order valence-corrected chi connectivity index (χ1v) is 4.66. The van der Waals surface area contributed by atoms with E-state index < -0.39 is 0 Å². The van der Waals surface area contributed by atoms with Crippen LogP contribution in [0.4, 0.5) is 0 Å². The summed E-state index contributed by atoms with van der Waals surface area (Å²) < 4.78 is 0. The fourth-order valence-corrected chi connectivity index (χ4v) is 1.10. The van der Waals surface area contributed by atoms with Crippen molar-refractivity contribution in [2.45, 2.75) is 47.0 Å². The van der Waals surface area contributed by atoms with Crippen molar-refractivity contribution < 1.29 is 0 Å². The molecular weight excluding hydrogens is 134 g/mol. The second-order valence-corrected chi connectivity index (χ2v) is 4.79. The van der Waals surface area contributed by atoms with Gasteiger partial charge >= 0.3 is 0 Å². The van der Waals surface area contributed by atoms with Gasteiger partial charge in [-0.2, -0.15) is 0 Å². The fraction of sp³-hybridized carbons (Fsp3) is 1.00. The summed E-state index contributed by atoms with van der Waals surface area (Å²) in [5.41, 5.74) is 6.02. The van der Waals surface area contributed by atoms with Crippen LogP contribution in [0.3, 0.4) is 0 Å². The molecule has 68 valence electrons. The second kappa shape index (κ2) is 4.76. The lowest BCUT2D eigenvalue weighted by molar-refractivity contribution is 0.344. The van der Waals surface area contributed by atoms with Crippen LogP contribution in [0.25, 0.3) is 0 Å². The lowest BCUT2D eigenvalue weighted by Gasteiger charge is -2.18. The lowest BCUT2D eigenvalue weighted by atomic mass is 9.88. The number of hydrogen-bond acceptors (Lipinski definition) is 1. The molecule has 0 spiro atoms. The minimum Gasteiger partial charge on any atom is -0.330 e. The van der Waals surface area contributed by atoms with Crippen molar-refractivity contribution in [2.24, 2.45) is 17.1 Å². The molecule has 0 aliphatic rings. The van der Waals surface area contributed by atoms with Gasteiger partial charge in [0.25, 0.3) is 0 Å². The summed E-state index contributed by atoms with van der Waals surface area (Å²) in [5.74, 6) is 0.706. The largest absolute Gasteiger partial charge is 0.330 e. The third-order valence-electron chi connectivity index (χ3n) is 2.03. The van der Waals surface area contributed by atoms with Gasteiger partial charge in [-0.05, 0) is 30.7 Å². The zero-order valence-electron chi connectivity index (χ0n) is 8.48. The molecular formula is C10H23N. The third-order valence-corrected chi connectivity index (χ3v) is 2.03. The van der Waals surface area contributed by atoms with Crippen molar-refractivity contribution >= 4 is 0 Å². The Balaban J connectivity index is 3.28. The van der Waals surface area contributed by atoms with Gasteiger partial charge in [0.05, 0.1) is 0 Å². The highest BCUT2D eigenvalue weighted by Crippen LogP contribution is 2.22.